The number of thioether (sulfide) groups is 1. The number of nitrogens with zero attached hydrogens (tertiary/aromatic N) is 1. The van der Waals surface area contributed by atoms with Crippen molar-refractivity contribution >= 4 is 17.4 Å². The molecule has 1 N–H and O–H groups in total. The first-order valence-corrected chi connectivity index (χ1v) is 6.99. The van der Waals surface area contributed by atoms with Crippen LogP contribution in [-0.2, 0) is 0 Å². The summed E-state index contributed by atoms with van der Waals surface area (Å²) in [5.74, 6) is -2.91. The summed E-state index contributed by atoms with van der Waals surface area (Å²) < 4.78 is 63.8. The van der Waals surface area contributed by atoms with E-state index in [1.807, 2.05) is 0 Å². The molecular formula is C12H13F5N2S. The fourth-order valence-electron chi connectivity index (χ4n) is 1.94. The second kappa shape index (κ2) is 6.17. The van der Waals surface area contributed by atoms with Crippen molar-refractivity contribution in [1.82, 2.24) is 5.32 Å². The lowest BCUT2D eigenvalue weighted by molar-refractivity contribution is -0.105. The summed E-state index contributed by atoms with van der Waals surface area (Å²) in [6.45, 7) is 2.38. The summed E-state index contributed by atoms with van der Waals surface area (Å²) in [6, 6.07) is 1.81. The maximum absolute atomic E-state index is 13.8. The van der Waals surface area contributed by atoms with Gasteiger partial charge in [-0.3, -0.25) is 0 Å². The predicted octanol–water partition coefficient (Wildman–Crippen LogP) is 3.03. The van der Waals surface area contributed by atoms with E-state index in [0.717, 1.165) is 6.07 Å². The zero-order valence-corrected chi connectivity index (χ0v) is 11.3. The maximum atomic E-state index is 13.8. The van der Waals surface area contributed by atoms with Crippen LogP contribution in [0.15, 0.2) is 17.0 Å². The van der Waals surface area contributed by atoms with Gasteiger partial charge in [0.15, 0.2) is 0 Å². The van der Waals surface area contributed by atoms with Gasteiger partial charge in [0.1, 0.15) is 11.6 Å². The average Bonchev–Trinajstić information content (AvgIpc) is 2.37. The summed E-state index contributed by atoms with van der Waals surface area (Å²) in [5, 5.41) is 3.08. The molecule has 0 saturated carbocycles. The number of benzene rings is 1. The van der Waals surface area contributed by atoms with E-state index in [2.05, 4.69) is 5.32 Å². The van der Waals surface area contributed by atoms with Gasteiger partial charge >= 0.3 is 6.18 Å². The molecule has 2 rings (SSSR count). The highest BCUT2D eigenvalue weighted by Gasteiger charge is 2.28. The standard InChI is InChI=1S/C12H13F5N2S/c13-8-5-9(14)11(20-7-12(15,16)17)6-10(8)19-3-1-18-2-4-19/h5-6,18H,1-4,7H2. The Balaban J connectivity index is 2.20. The van der Waals surface area contributed by atoms with Crippen LogP contribution in [0.1, 0.15) is 0 Å². The van der Waals surface area contributed by atoms with Gasteiger partial charge in [0, 0.05) is 37.1 Å². The molecule has 0 amide bonds. The van der Waals surface area contributed by atoms with Gasteiger partial charge < -0.3 is 10.2 Å². The Hall–Kier alpha value is -1.02. The van der Waals surface area contributed by atoms with Crippen LogP contribution in [0, 0.1) is 11.6 Å². The molecule has 1 heterocycles. The Morgan fingerprint density at radius 1 is 1.10 bits per heavy atom. The molecule has 1 saturated heterocycles. The Kier molecular flexibility index (Phi) is 4.74. The number of rotatable bonds is 3. The lowest BCUT2D eigenvalue weighted by atomic mass is 10.2. The summed E-state index contributed by atoms with van der Waals surface area (Å²) in [5.41, 5.74) is 0.151. The van der Waals surface area contributed by atoms with Gasteiger partial charge in [-0.25, -0.2) is 8.78 Å². The number of piperazine rings is 1. The number of alkyl halides is 3. The molecule has 112 valence electrons. The lowest BCUT2D eigenvalue weighted by Gasteiger charge is -2.30. The first kappa shape index (κ1) is 15.4. The van der Waals surface area contributed by atoms with E-state index in [0.29, 0.717) is 44.0 Å². The normalized spacial score (nSPS) is 16.6. The van der Waals surface area contributed by atoms with Gasteiger partial charge in [0.2, 0.25) is 0 Å². The van der Waals surface area contributed by atoms with Crippen molar-refractivity contribution in [3.63, 3.8) is 0 Å². The third kappa shape index (κ3) is 3.99. The fourth-order valence-corrected chi connectivity index (χ4v) is 2.65. The Morgan fingerprint density at radius 2 is 1.75 bits per heavy atom. The molecule has 1 aliphatic rings. The molecular weight excluding hydrogens is 299 g/mol. The molecule has 8 heteroatoms. The van der Waals surface area contributed by atoms with Crippen LogP contribution in [0.4, 0.5) is 27.6 Å². The molecule has 1 aromatic carbocycles. The molecule has 2 nitrogen and oxygen atoms in total. The minimum atomic E-state index is -4.39. The van der Waals surface area contributed by atoms with E-state index >= 15 is 0 Å². The summed E-state index contributed by atoms with van der Waals surface area (Å²) in [4.78, 5) is 1.51. The number of hydrogen-bond donors (Lipinski definition) is 1. The highest BCUT2D eigenvalue weighted by Crippen LogP contribution is 2.33. The quantitative estimate of drug-likeness (QED) is 0.682. The van der Waals surface area contributed by atoms with Gasteiger partial charge in [-0.2, -0.15) is 13.2 Å². The third-order valence-electron chi connectivity index (χ3n) is 2.85. The molecule has 0 spiro atoms. The van der Waals surface area contributed by atoms with Crippen molar-refractivity contribution in [3.05, 3.63) is 23.8 Å². The van der Waals surface area contributed by atoms with E-state index in [1.54, 1.807) is 4.90 Å². The second-order valence-corrected chi connectivity index (χ2v) is 5.39. The molecule has 20 heavy (non-hydrogen) atoms. The summed E-state index contributed by atoms with van der Waals surface area (Å²) >= 11 is 0.332. The van der Waals surface area contributed by atoms with E-state index in [-0.39, 0.29) is 10.6 Å². The van der Waals surface area contributed by atoms with Crippen molar-refractivity contribution in [2.75, 3.05) is 36.8 Å². The topological polar surface area (TPSA) is 15.3 Å². The van der Waals surface area contributed by atoms with Crippen LogP contribution in [0.3, 0.4) is 0 Å². The van der Waals surface area contributed by atoms with E-state index in [4.69, 9.17) is 0 Å². The van der Waals surface area contributed by atoms with Crippen molar-refractivity contribution in [1.29, 1.82) is 0 Å². The number of hydrogen-bond acceptors (Lipinski definition) is 3. The van der Waals surface area contributed by atoms with Crippen LogP contribution >= 0.6 is 11.8 Å². The fraction of sp³-hybridized carbons (Fsp3) is 0.500. The van der Waals surface area contributed by atoms with Gasteiger partial charge in [0.25, 0.3) is 0 Å². The van der Waals surface area contributed by atoms with Crippen LogP contribution < -0.4 is 10.2 Å². The Bertz CT molecular complexity index is 472. The molecule has 0 unspecified atom stereocenters. The van der Waals surface area contributed by atoms with Gasteiger partial charge in [-0.05, 0) is 6.07 Å². The summed E-state index contributed by atoms with van der Waals surface area (Å²) in [7, 11) is 0. The number of halogens is 5. The zero-order valence-electron chi connectivity index (χ0n) is 10.4. The van der Waals surface area contributed by atoms with E-state index in [9.17, 15) is 22.0 Å². The zero-order chi connectivity index (χ0) is 14.8. The first-order chi connectivity index (χ1) is 9.37. The Morgan fingerprint density at radius 3 is 2.35 bits per heavy atom. The SMILES string of the molecule is Fc1cc(F)c(N2CCNCC2)cc1SCC(F)(F)F. The van der Waals surface area contributed by atoms with E-state index < -0.39 is 23.6 Å². The molecule has 1 fully saturated rings. The minimum absolute atomic E-state index is 0.151. The molecule has 0 aliphatic carbocycles. The van der Waals surface area contributed by atoms with Gasteiger partial charge in [-0.1, -0.05) is 0 Å². The van der Waals surface area contributed by atoms with Crippen molar-refractivity contribution < 1.29 is 22.0 Å². The van der Waals surface area contributed by atoms with Gasteiger partial charge in [0.05, 0.1) is 11.4 Å². The summed E-state index contributed by atoms with van der Waals surface area (Å²) in [6.07, 6.45) is -4.39. The Labute approximate surface area is 117 Å². The van der Waals surface area contributed by atoms with E-state index in [1.165, 1.54) is 0 Å². The molecule has 1 aromatic rings. The molecule has 0 radical (unpaired) electrons. The minimum Gasteiger partial charge on any atom is -0.367 e. The van der Waals surface area contributed by atoms with Crippen molar-refractivity contribution in [3.8, 4) is 0 Å². The van der Waals surface area contributed by atoms with Crippen molar-refractivity contribution in [2.45, 2.75) is 11.1 Å². The monoisotopic (exact) mass is 312 g/mol. The second-order valence-electron chi connectivity index (χ2n) is 4.37. The van der Waals surface area contributed by atoms with Gasteiger partial charge in [-0.15, -0.1) is 11.8 Å². The van der Waals surface area contributed by atoms with Crippen LogP contribution in [-0.4, -0.2) is 38.1 Å². The molecule has 0 bridgehead atoms. The molecule has 0 aromatic heterocycles. The third-order valence-corrected chi connectivity index (χ3v) is 3.95. The van der Waals surface area contributed by atoms with Crippen LogP contribution in [0.2, 0.25) is 0 Å². The molecule has 1 aliphatic heterocycles. The predicted molar refractivity (Wildman–Crippen MR) is 68.2 cm³/mol. The average molecular weight is 312 g/mol. The number of anilines is 1. The van der Waals surface area contributed by atoms with Crippen LogP contribution in [0.25, 0.3) is 0 Å². The van der Waals surface area contributed by atoms with Crippen molar-refractivity contribution in [2.24, 2.45) is 0 Å². The number of nitrogens with one attached hydrogen (secondary N) is 1. The molecule has 0 atom stereocenters. The highest BCUT2D eigenvalue weighted by molar-refractivity contribution is 7.99. The largest absolute Gasteiger partial charge is 0.398 e. The highest BCUT2D eigenvalue weighted by atomic mass is 32.2. The maximum Gasteiger partial charge on any atom is 0.398 e. The first-order valence-electron chi connectivity index (χ1n) is 6.01. The smallest absolute Gasteiger partial charge is 0.367 e. The lowest BCUT2D eigenvalue weighted by Crippen LogP contribution is -2.43. The van der Waals surface area contributed by atoms with Crippen LogP contribution in [0.5, 0.6) is 0 Å².